The van der Waals surface area contributed by atoms with Crippen LogP contribution in [0.5, 0.6) is 11.5 Å². The van der Waals surface area contributed by atoms with Gasteiger partial charge in [0.1, 0.15) is 11.5 Å². The number of benzene rings is 2. The average Bonchev–Trinajstić information content (AvgIpc) is 2.56. The molecule has 0 aromatic heterocycles. The third-order valence-corrected chi connectivity index (χ3v) is 3.15. The molecule has 0 amide bonds. The third-order valence-electron chi connectivity index (χ3n) is 3.15. The Labute approximate surface area is 136 Å². The second-order valence-corrected chi connectivity index (χ2v) is 5.05. The van der Waals surface area contributed by atoms with Gasteiger partial charge in [0.05, 0.1) is 39.6 Å². The molecule has 5 nitrogen and oxygen atoms in total. The first-order chi connectivity index (χ1) is 11.2. The molecular weight excluding hydrogens is 296 g/mol. The van der Waals surface area contributed by atoms with Crippen molar-refractivity contribution in [3.8, 4) is 11.5 Å². The molecule has 0 saturated carbocycles. The Hall–Kier alpha value is -2.08. The van der Waals surface area contributed by atoms with E-state index in [0.29, 0.717) is 39.6 Å². The third kappa shape index (κ3) is 7.15. The van der Waals surface area contributed by atoms with Crippen LogP contribution >= 0.6 is 0 Å². The summed E-state index contributed by atoms with van der Waals surface area (Å²) in [5.41, 5.74) is 2.03. The van der Waals surface area contributed by atoms with Crippen LogP contribution in [-0.4, -0.2) is 36.6 Å². The van der Waals surface area contributed by atoms with Gasteiger partial charge in [-0.05, 0) is 35.4 Å². The first-order valence-corrected chi connectivity index (χ1v) is 7.53. The number of hydrogen-bond acceptors (Lipinski definition) is 5. The van der Waals surface area contributed by atoms with Crippen LogP contribution in [0.4, 0.5) is 0 Å². The van der Waals surface area contributed by atoms with E-state index >= 15 is 0 Å². The lowest BCUT2D eigenvalue weighted by atomic mass is 10.2. The van der Waals surface area contributed by atoms with Gasteiger partial charge >= 0.3 is 0 Å². The van der Waals surface area contributed by atoms with E-state index in [1.54, 1.807) is 24.3 Å². The van der Waals surface area contributed by atoms with Crippen molar-refractivity contribution >= 4 is 0 Å². The van der Waals surface area contributed by atoms with Crippen molar-refractivity contribution in [2.75, 3.05) is 26.4 Å². The molecule has 0 radical (unpaired) electrons. The Balaban J connectivity index is 1.43. The fourth-order valence-electron chi connectivity index (χ4n) is 1.90. The predicted octanol–water partition coefficient (Wildman–Crippen LogP) is 2.85. The predicted molar refractivity (Wildman–Crippen MR) is 86.3 cm³/mol. The van der Waals surface area contributed by atoms with Gasteiger partial charge in [-0.25, -0.2) is 0 Å². The summed E-state index contributed by atoms with van der Waals surface area (Å²) in [6.45, 7) is 3.06. The van der Waals surface area contributed by atoms with Crippen LogP contribution in [0.1, 0.15) is 11.1 Å². The molecule has 0 spiro atoms. The zero-order chi connectivity index (χ0) is 16.3. The standard InChI is InChI=1S/C18H22O5/c19-17-5-1-15(2-6-17)13-22-11-9-21-10-12-23-14-16-3-7-18(20)8-4-16/h1-8,19-20H,9-14H2. The van der Waals surface area contributed by atoms with Crippen molar-refractivity contribution in [1.82, 2.24) is 0 Å². The minimum absolute atomic E-state index is 0.254. The molecule has 0 aliphatic heterocycles. The molecule has 0 atom stereocenters. The molecule has 2 aromatic carbocycles. The Morgan fingerprint density at radius 1 is 0.522 bits per heavy atom. The molecule has 0 unspecified atom stereocenters. The zero-order valence-electron chi connectivity index (χ0n) is 13.0. The van der Waals surface area contributed by atoms with Gasteiger partial charge in [-0.1, -0.05) is 24.3 Å². The van der Waals surface area contributed by atoms with Crippen LogP contribution in [-0.2, 0) is 27.4 Å². The molecule has 2 aromatic rings. The number of phenolic OH excluding ortho intramolecular Hbond substituents is 2. The highest BCUT2D eigenvalue weighted by atomic mass is 16.5. The van der Waals surface area contributed by atoms with Gasteiger partial charge in [-0.3, -0.25) is 0 Å². The molecule has 2 N–H and O–H groups in total. The van der Waals surface area contributed by atoms with Gasteiger partial charge in [-0.2, -0.15) is 0 Å². The molecule has 0 aliphatic rings. The number of hydrogen-bond donors (Lipinski definition) is 2. The molecule has 2 rings (SSSR count). The molecule has 5 heteroatoms. The highest BCUT2D eigenvalue weighted by Crippen LogP contribution is 2.11. The number of aromatic hydroxyl groups is 2. The van der Waals surface area contributed by atoms with Crippen molar-refractivity contribution in [1.29, 1.82) is 0 Å². The van der Waals surface area contributed by atoms with Crippen molar-refractivity contribution in [2.24, 2.45) is 0 Å². The molecule has 0 bridgehead atoms. The van der Waals surface area contributed by atoms with E-state index < -0.39 is 0 Å². The Kier molecular flexibility index (Phi) is 7.39. The van der Waals surface area contributed by atoms with Crippen LogP contribution in [0.25, 0.3) is 0 Å². The van der Waals surface area contributed by atoms with E-state index in [4.69, 9.17) is 14.2 Å². The first-order valence-electron chi connectivity index (χ1n) is 7.53. The van der Waals surface area contributed by atoms with E-state index in [2.05, 4.69) is 0 Å². The Bertz CT molecular complexity index is 499. The second kappa shape index (κ2) is 9.84. The maximum absolute atomic E-state index is 9.17. The zero-order valence-corrected chi connectivity index (χ0v) is 13.0. The lowest BCUT2D eigenvalue weighted by molar-refractivity contribution is 0.00703. The fourth-order valence-corrected chi connectivity index (χ4v) is 1.90. The minimum Gasteiger partial charge on any atom is -0.508 e. The largest absolute Gasteiger partial charge is 0.508 e. The van der Waals surface area contributed by atoms with E-state index in [9.17, 15) is 10.2 Å². The van der Waals surface area contributed by atoms with Gasteiger partial charge in [0.25, 0.3) is 0 Å². The van der Waals surface area contributed by atoms with E-state index in [1.807, 2.05) is 24.3 Å². The summed E-state index contributed by atoms with van der Waals surface area (Å²) in [5.74, 6) is 0.508. The summed E-state index contributed by atoms with van der Waals surface area (Å²) < 4.78 is 16.4. The topological polar surface area (TPSA) is 68.2 Å². The van der Waals surface area contributed by atoms with Crippen LogP contribution in [0.15, 0.2) is 48.5 Å². The smallest absolute Gasteiger partial charge is 0.115 e. The summed E-state index contributed by atoms with van der Waals surface area (Å²) >= 11 is 0. The van der Waals surface area contributed by atoms with Gasteiger partial charge in [0.2, 0.25) is 0 Å². The Morgan fingerprint density at radius 3 is 1.26 bits per heavy atom. The number of rotatable bonds is 10. The second-order valence-electron chi connectivity index (χ2n) is 5.05. The molecule has 0 aliphatic carbocycles. The van der Waals surface area contributed by atoms with Crippen molar-refractivity contribution in [3.05, 3.63) is 59.7 Å². The molecule has 124 valence electrons. The highest BCUT2D eigenvalue weighted by molar-refractivity contribution is 5.26. The maximum atomic E-state index is 9.17. The van der Waals surface area contributed by atoms with E-state index in [0.717, 1.165) is 11.1 Å². The van der Waals surface area contributed by atoms with Crippen LogP contribution in [0, 0.1) is 0 Å². The van der Waals surface area contributed by atoms with E-state index in [1.165, 1.54) is 0 Å². The average molecular weight is 318 g/mol. The summed E-state index contributed by atoms with van der Waals surface area (Å²) in [6, 6.07) is 13.9. The maximum Gasteiger partial charge on any atom is 0.115 e. The normalized spacial score (nSPS) is 10.8. The molecule has 23 heavy (non-hydrogen) atoms. The summed E-state index contributed by atoms with van der Waals surface area (Å²) in [5, 5.41) is 18.3. The Morgan fingerprint density at radius 2 is 0.870 bits per heavy atom. The summed E-state index contributed by atoms with van der Waals surface area (Å²) in [7, 11) is 0. The lowest BCUT2D eigenvalue weighted by Gasteiger charge is -2.07. The van der Waals surface area contributed by atoms with E-state index in [-0.39, 0.29) is 11.5 Å². The molecule has 0 fully saturated rings. The summed E-state index contributed by atoms with van der Waals surface area (Å²) in [6.07, 6.45) is 0. The fraction of sp³-hybridized carbons (Fsp3) is 0.333. The van der Waals surface area contributed by atoms with Crippen LogP contribution in [0.3, 0.4) is 0 Å². The van der Waals surface area contributed by atoms with Crippen LogP contribution in [0.2, 0.25) is 0 Å². The SMILES string of the molecule is Oc1ccc(COCCOCCOCc2ccc(O)cc2)cc1. The minimum atomic E-state index is 0.254. The molecule has 0 saturated heterocycles. The quantitative estimate of drug-likeness (QED) is 0.659. The van der Waals surface area contributed by atoms with Gasteiger partial charge in [0, 0.05) is 0 Å². The van der Waals surface area contributed by atoms with Crippen LogP contribution < -0.4 is 0 Å². The number of phenols is 2. The first kappa shape index (κ1) is 17.3. The highest BCUT2D eigenvalue weighted by Gasteiger charge is 1.96. The monoisotopic (exact) mass is 318 g/mol. The van der Waals surface area contributed by atoms with Crippen molar-refractivity contribution < 1.29 is 24.4 Å². The van der Waals surface area contributed by atoms with Crippen molar-refractivity contribution in [3.63, 3.8) is 0 Å². The molecular formula is C18H22O5. The molecule has 0 heterocycles. The summed E-state index contributed by atoms with van der Waals surface area (Å²) in [4.78, 5) is 0. The van der Waals surface area contributed by atoms with Crippen molar-refractivity contribution in [2.45, 2.75) is 13.2 Å². The van der Waals surface area contributed by atoms with Gasteiger partial charge in [-0.15, -0.1) is 0 Å². The number of ether oxygens (including phenoxy) is 3. The van der Waals surface area contributed by atoms with Gasteiger partial charge < -0.3 is 24.4 Å². The lowest BCUT2D eigenvalue weighted by Crippen LogP contribution is -2.09. The van der Waals surface area contributed by atoms with Gasteiger partial charge in [0.15, 0.2) is 0 Å².